The van der Waals surface area contributed by atoms with E-state index in [1.807, 2.05) is 23.6 Å². The van der Waals surface area contributed by atoms with Gasteiger partial charge < -0.3 is 14.2 Å². The molecule has 0 saturated carbocycles. The van der Waals surface area contributed by atoms with Crippen LogP contribution in [0.5, 0.6) is 17.2 Å². The summed E-state index contributed by atoms with van der Waals surface area (Å²) in [6.45, 7) is 2.48. The third-order valence-corrected chi connectivity index (χ3v) is 5.92. The highest BCUT2D eigenvalue weighted by molar-refractivity contribution is 7.13. The van der Waals surface area contributed by atoms with Crippen molar-refractivity contribution in [2.45, 2.75) is 19.5 Å². The van der Waals surface area contributed by atoms with Gasteiger partial charge in [-0.2, -0.15) is 0 Å². The largest absolute Gasteiger partial charge is 0.497 e. The molecule has 0 radical (unpaired) electrons. The van der Waals surface area contributed by atoms with Crippen molar-refractivity contribution in [2.24, 2.45) is 0 Å². The monoisotopic (exact) mass is 439 g/mol. The molecule has 1 aliphatic rings. The first-order valence-corrected chi connectivity index (χ1v) is 10.9. The van der Waals surface area contributed by atoms with Crippen LogP contribution in [0.4, 0.5) is 5.13 Å². The Kier molecular flexibility index (Phi) is 6.69. The van der Waals surface area contributed by atoms with Gasteiger partial charge in [-0.25, -0.2) is 4.98 Å². The van der Waals surface area contributed by atoms with Crippen molar-refractivity contribution >= 4 is 22.4 Å². The molecule has 4 rings (SSSR count). The minimum Gasteiger partial charge on any atom is -0.497 e. The first-order chi connectivity index (χ1) is 15.1. The number of ether oxygens (including phenoxy) is 3. The number of amides is 1. The van der Waals surface area contributed by atoms with Crippen molar-refractivity contribution in [3.8, 4) is 17.2 Å². The summed E-state index contributed by atoms with van der Waals surface area (Å²) in [4.78, 5) is 19.2. The standard InChI is InChI=1S/C23H25N3O4S/c1-28-19-8-7-17-12-26(10-9-16(17)11-19)13-18-15-31-23(24-18)25-22(27)14-30-21-6-4-3-5-20(21)29-2/h3-8,11,15H,9-10,12-14H2,1-2H3,(H,24,25,27). The maximum absolute atomic E-state index is 12.2. The smallest absolute Gasteiger partial charge is 0.264 e. The second-order valence-electron chi connectivity index (χ2n) is 7.23. The first kappa shape index (κ1) is 21.1. The van der Waals surface area contributed by atoms with E-state index in [4.69, 9.17) is 14.2 Å². The molecule has 1 aliphatic heterocycles. The predicted molar refractivity (Wildman–Crippen MR) is 120 cm³/mol. The average Bonchev–Trinajstić information content (AvgIpc) is 3.23. The number of hydrogen-bond acceptors (Lipinski definition) is 7. The highest BCUT2D eigenvalue weighted by Gasteiger charge is 2.18. The molecule has 8 heteroatoms. The van der Waals surface area contributed by atoms with Gasteiger partial charge in [0.25, 0.3) is 5.91 Å². The second kappa shape index (κ2) is 9.80. The highest BCUT2D eigenvalue weighted by Crippen LogP contribution is 2.27. The molecule has 0 unspecified atom stereocenters. The van der Waals surface area contributed by atoms with E-state index < -0.39 is 0 Å². The number of nitrogens with zero attached hydrogens (tertiary/aromatic N) is 2. The van der Waals surface area contributed by atoms with E-state index in [-0.39, 0.29) is 12.5 Å². The van der Waals surface area contributed by atoms with Crippen LogP contribution in [0.15, 0.2) is 47.8 Å². The Labute approximate surface area is 185 Å². The van der Waals surface area contributed by atoms with Gasteiger partial charge in [0.1, 0.15) is 5.75 Å². The number of carbonyl (C=O) groups excluding carboxylic acids is 1. The fourth-order valence-corrected chi connectivity index (χ4v) is 4.27. The van der Waals surface area contributed by atoms with Gasteiger partial charge in [0.15, 0.2) is 23.2 Å². The number of para-hydroxylation sites is 2. The fourth-order valence-electron chi connectivity index (χ4n) is 3.55. The summed E-state index contributed by atoms with van der Waals surface area (Å²) in [5.74, 6) is 1.77. The van der Waals surface area contributed by atoms with Crippen LogP contribution in [0.2, 0.25) is 0 Å². The second-order valence-corrected chi connectivity index (χ2v) is 8.09. The van der Waals surface area contributed by atoms with Gasteiger partial charge in [0.2, 0.25) is 0 Å². The number of nitrogens with one attached hydrogen (secondary N) is 1. The van der Waals surface area contributed by atoms with E-state index in [0.717, 1.165) is 37.5 Å². The molecule has 0 fully saturated rings. The minimum absolute atomic E-state index is 0.109. The Bertz CT molecular complexity index is 1050. The van der Waals surface area contributed by atoms with Gasteiger partial charge in [-0.15, -0.1) is 11.3 Å². The number of carbonyl (C=O) groups is 1. The molecule has 0 bridgehead atoms. The quantitative estimate of drug-likeness (QED) is 0.577. The number of thiazole rings is 1. The molecule has 2 heterocycles. The lowest BCUT2D eigenvalue weighted by Crippen LogP contribution is -2.30. The number of fused-ring (bicyclic) bond motifs is 1. The molecule has 1 amide bonds. The molecule has 1 aromatic heterocycles. The lowest BCUT2D eigenvalue weighted by atomic mass is 9.99. The maximum Gasteiger partial charge on any atom is 0.264 e. The third kappa shape index (κ3) is 5.34. The van der Waals surface area contributed by atoms with Gasteiger partial charge in [0, 0.05) is 25.0 Å². The van der Waals surface area contributed by atoms with Crippen LogP contribution in [-0.4, -0.2) is 43.2 Å². The Morgan fingerprint density at radius 2 is 1.97 bits per heavy atom. The predicted octanol–water partition coefficient (Wildman–Crippen LogP) is 3.74. The number of methoxy groups -OCH3 is 2. The van der Waals surface area contributed by atoms with E-state index in [0.29, 0.717) is 16.6 Å². The molecule has 3 aromatic rings. The Hall–Kier alpha value is -3.10. The van der Waals surface area contributed by atoms with Crippen LogP contribution < -0.4 is 19.5 Å². The van der Waals surface area contributed by atoms with E-state index in [2.05, 4.69) is 27.3 Å². The summed E-state index contributed by atoms with van der Waals surface area (Å²) in [5.41, 5.74) is 3.61. The molecule has 31 heavy (non-hydrogen) atoms. The lowest BCUT2D eigenvalue weighted by Gasteiger charge is -2.28. The molecule has 0 aliphatic carbocycles. The van der Waals surface area contributed by atoms with Crippen LogP contribution in [0, 0.1) is 0 Å². The van der Waals surface area contributed by atoms with Crippen molar-refractivity contribution in [3.05, 3.63) is 64.7 Å². The first-order valence-electron chi connectivity index (χ1n) is 10.0. The zero-order chi connectivity index (χ0) is 21.6. The van der Waals surface area contributed by atoms with Crippen LogP contribution in [0.25, 0.3) is 0 Å². The summed E-state index contributed by atoms with van der Waals surface area (Å²) in [5, 5.41) is 5.37. The van der Waals surface area contributed by atoms with Crippen molar-refractivity contribution in [3.63, 3.8) is 0 Å². The van der Waals surface area contributed by atoms with Crippen LogP contribution in [0.3, 0.4) is 0 Å². The van der Waals surface area contributed by atoms with Gasteiger partial charge >= 0.3 is 0 Å². The molecule has 1 N–H and O–H groups in total. The molecule has 0 spiro atoms. The normalized spacial score (nSPS) is 13.4. The van der Waals surface area contributed by atoms with E-state index in [1.54, 1.807) is 26.4 Å². The Balaban J connectivity index is 1.29. The van der Waals surface area contributed by atoms with E-state index >= 15 is 0 Å². The van der Waals surface area contributed by atoms with Gasteiger partial charge in [-0.3, -0.25) is 15.0 Å². The highest BCUT2D eigenvalue weighted by atomic mass is 32.1. The summed E-state index contributed by atoms with van der Waals surface area (Å²) in [6, 6.07) is 13.5. The van der Waals surface area contributed by atoms with Gasteiger partial charge in [-0.05, 0) is 41.8 Å². The van der Waals surface area contributed by atoms with Crippen molar-refractivity contribution in [1.29, 1.82) is 0 Å². The van der Waals surface area contributed by atoms with Gasteiger partial charge in [0.05, 0.1) is 19.9 Å². The Morgan fingerprint density at radius 1 is 1.13 bits per heavy atom. The van der Waals surface area contributed by atoms with Crippen LogP contribution >= 0.6 is 11.3 Å². The van der Waals surface area contributed by atoms with Crippen molar-refractivity contribution in [1.82, 2.24) is 9.88 Å². The number of anilines is 1. The lowest BCUT2D eigenvalue weighted by molar-refractivity contribution is -0.118. The molecular weight excluding hydrogens is 414 g/mol. The molecular formula is C23H25N3O4S. The number of hydrogen-bond donors (Lipinski definition) is 1. The number of benzene rings is 2. The van der Waals surface area contributed by atoms with Crippen molar-refractivity contribution < 1.29 is 19.0 Å². The van der Waals surface area contributed by atoms with Crippen LogP contribution in [-0.2, 0) is 24.3 Å². The van der Waals surface area contributed by atoms with Crippen molar-refractivity contribution in [2.75, 3.05) is 32.7 Å². The SMILES string of the molecule is COc1ccc2c(c1)CCN(Cc1csc(NC(=O)COc3ccccc3OC)n1)C2. The molecule has 162 valence electrons. The topological polar surface area (TPSA) is 72.9 Å². The fraction of sp³-hybridized carbons (Fsp3) is 0.304. The van der Waals surface area contributed by atoms with E-state index in [1.165, 1.54) is 22.5 Å². The molecule has 2 aromatic carbocycles. The molecule has 0 saturated heterocycles. The maximum atomic E-state index is 12.2. The van der Waals surface area contributed by atoms with Crippen LogP contribution in [0.1, 0.15) is 16.8 Å². The van der Waals surface area contributed by atoms with E-state index in [9.17, 15) is 4.79 Å². The number of rotatable bonds is 8. The summed E-state index contributed by atoms with van der Waals surface area (Å²) in [7, 11) is 3.26. The number of aromatic nitrogens is 1. The zero-order valence-corrected chi connectivity index (χ0v) is 18.4. The summed E-state index contributed by atoms with van der Waals surface area (Å²) in [6.07, 6.45) is 0.987. The summed E-state index contributed by atoms with van der Waals surface area (Å²) < 4.78 is 16.1. The van der Waals surface area contributed by atoms with Gasteiger partial charge in [-0.1, -0.05) is 18.2 Å². The molecule has 7 nitrogen and oxygen atoms in total. The Morgan fingerprint density at radius 3 is 2.77 bits per heavy atom. The summed E-state index contributed by atoms with van der Waals surface area (Å²) >= 11 is 1.42. The molecule has 0 atom stereocenters. The zero-order valence-electron chi connectivity index (χ0n) is 17.6. The third-order valence-electron chi connectivity index (χ3n) is 5.12. The average molecular weight is 440 g/mol. The minimum atomic E-state index is -0.257.